The summed E-state index contributed by atoms with van der Waals surface area (Å²) in [7, 11) is -3.39. The second-order valence-corrected chi connectivity index (χ2v) is 8.81. The maximum absolute atomic E-state index is 13.6. The second kappa shape index (κ2) is 8.29. The van der Waals surface area contributed by atoms with Crippen molar-refractivity contribution in [3.63, 3.8) is 0 Å². The van der Waals surface area contributed by atoms with E-state index in [-0.39, 0.29) is 5.82 Å². The van der Waals surface area contributed by atoms with Crippen LogP contribution in [0.3, 0.4) is 0 Å². The molecule has 26 heavy (non-hydrogen) atoms. The van der Waals surface area contributed by atoms with Crippen LogP contribution in [-0.4, -0.2) is 32.4 Å². The third-order valence-electron chi connectivity index (χ3n) is 4.95. The topological polar surface area (TPSA) is 49.4 Å². The quantitative estimate of drug-likeness (QED) is 0.841. The summed E-state index contributed by atoms with van der Waals surface area (Å²) in [6, 6.07) is 13.9. The molecule has 0 radical (unpaired) electrons. The van der Waals surface area contributed by atoms with Crippen molar-refractivity contribution in [3.05, 3.63) is 65.5 Å². The highest BCUT2D eigenvalue weighted by Gasteiger charge is 2.28. The van der Waals surface area contributed by atoms with Crippen LogP contribution in [-0.2, 0) is 16.6 Å². The Kier molecular flexibility index (Phi) is 6.06. The minimum Gasteiger partial charge on any atom is -0.312 e. The lowest BCUT2D eigenvalue weighted by atomic mass is 9.98. The number of benzene rings is 2. The zero-order valence-electron chi connectivity index (χ0n) is 15.0. The van der Waals surface area contributed by atoms with E-state index in [4.69, 9.17) is 0 Å². The highest BCUT2D eigenvalue weighted by atomic mass is 32.2. The molecule has 6 heteroatoms. The molecule has 2 aromatic carbocycles. The molecule has 0 amide bonds. The predicted octanol–water partition coefficient (Wildman–Crippen LogP) is 3.32. The van der Waals surface area contributed by atoms with Gasteiger partial charge in [-0.15, -0.1) is 0 Å². The van der Waals surface area contributed by atoms with Crippen molar-refractivity contribution in [1.82, 2.24) is 9.62 Å². The molecule has 0 atom stereocenters. The van der Waals surface area contributed by atoms with Gasteiger partial charge in [0, 0.05) is 19.6 Å². The van der Waals surface area contributed by atoms with Gasteiger partial charge in [0.05, 0.1) is 4.90 Å². The third-order valence-corrected chi connectivity index (χ3v) is 6.87. The fourth-order valence-electron chi connectivity index (χ4n) is 3.26. The SMILES string of the molecule is Cc1ccc(CNCC2CCN(S(=O)(=O)c3ccccc3)CC2)cc1F. The standard InChI is InChI=1S/C20H25FN2O2S/c1-16-7-8-18(13-20(16)21)15-22-14-17-9-11-23(12-10-17)26(24,25)19-5-3-2-4-6-19/h2-8,13,17,22H,9-12,14-15H2,1H3. The number of hydrogen-bond acceptors (Lipinski definition) is 3. The maximum atomic E-state index is 13.6. The Morgan fingerprint density at radius 2 is 1.81 bits per heavy atom. The van der Waals surface area contributed by atoms with E-state index in [0.717, 1.165) is 24.9 Å². The van der Waals surface area contributed by atoms with E-state index >= 15 is 0 Å². The maximum Gasteiger partial charge on any atom is 0.243 e. The van der Waals surface area contributed by atoms with Crippen molar-refractivity contribution in [2.45, 2.75) is 31.2 Å². The average molecular weight is 376 g/mol. The van der Waals surface area contributed by atoms with Crippen molar-refractivity contribution >= 4 is 10.0 Å². The molecular weight excluding hydrogens is 351 g/mol. The van der Waals surface area contributed by atoms with Crippen molar-refractivity contribution in [2.75, 3.05) is 19.6 Å². The van der Waals surface area contributed by atoms with Crippen LogP contribution in [0.1, 0.15) is 24.0 Å². The molecule has 1 fully saturated rings. The molecule has 3 rings (SSSR count). The molecule has 0 unspecified atom stereocenters. The summed E-state index contributed by atoms with van der Waals surface area (Å²) >= 11 is 0. The van der Waals surface area contributed by atoms with E-state index in [1.54, 1.807) is 47.6 Å². The lowest BCUT2D eigenvalue weighted by molar-refractivity contribution is 0.267. The summed E-state index contributed by atoms with van der Waals surface area (Å²) < 4.78 is 40.4. The largest absolute Gasteiger partial charge is 0.312 e. The third kappa shape index (κ3) is 4.50. The molecule has 1 heterocycles. The first-order valence-electron chi connectivity index (χ1n) is 8.98. The first kappa shape index (κ1) is 19.0. The van der Waals surface area contributed by atoms with Gasteiger partial charge in [-0.05, 0) is 61.6 Å². The van der Waals surface area contributed by atoms with Gasteiger partial charge < -0.3 is 5.32 Å². The molecule has 0 spiro atoms. The van der Waals surface area contributed by atoms with E-state index in [9.17, 15) is 12.8 Å². The van der Waals surface area contributed by atoms with E-state index in [0.29, 0.717) is 36.0 Å². The second-order valence-electron chi connectivity index (χ2n) is 6.87. The summed E-state index contributed by atoms with van der Waals surface area (Å²) in [5.41, 5.74) is 1.58. The monoisotopic (exact) mass is 376 g/mol. The zero-order chi connectivity index (χ0) is 18.6. The molecule has 140 valence electrons. The van der Waals surface area contributed by atoms with E-state index < -0.39 is 10.0 Å². The fourth-order valence-corrected chi connectivity index (χ4v) is 4.75. The van der Waals surface area contributed by atoms with Crippen LogP contribution in [0.4, 0.5) is 4.39 Å². The molecule has 0 bridgehead atoms. The number of halogens is 1. The zero-order valence-corrected chi connectivity index (χ0v) is 15.8. The van der Waals surface area contributed by atoms with Crippen LogP contribution in [0, 0.1) is 18.7 Å². The van der Waals surface area contributed by atoms with Crippen LogP contribution in [0.25, 0.3) is 0 Å². The van der Waals surface area contributed by atoms with Gasteiger partial charge in [-0.1, -0.05) is 30.3 Å². The lowest BCUT2D eigenvalue weighted by Gasteiger charge is -2.31. The number of hydrogen-bond donors (Lipinski definition) is 1. The Labute approximate surface area is 155 Å². The van der Waals surface area contributed by atoms with Gasteiger partial charge in [-0.3, -0.25) is 0 Å². The molecule has 0 saturated carbocycles. The fraction of sp³-hybridized carbons (Fsp3) is 0.400. The first-order chi connectivity index (χ1) is 12.5. The highest BCUT2D eigenvalue weighted by molar-refractivity contribution is 7.89. The summed E-state index contributed by atoms with van der Waals surface area (Å²) in [5.74, 6) is 0.260. The Morgan fingerprint density at radius 3 is 2.46 bits per heavy atom. The lowest BCUT2D eigenvalue weighted by Crippen LogP contribution is -2.40. The summed E-state index contributed by atoms with van der Waals surface area (Å²) in [6.45, 7) is 4.28. The van der Waals surface area contributed by atoms with Gasteiger partial charge in [0.2, 0.25) is 10.0 Å². The minimum atomic E-state index is -3.39. The van der Waals surface area contributed by atoms with Crippen LogP contribution >= 0.6 is 0 Å². The number of piperidine rings is 1. The number of rotatable bonds is 6. The van der Waals surface area contributed by atoms with Gasteiger partial charge in [0.15, 0.2) is 0 Å². The molecule has 0 aromatic heterocycles. The number of nitrogens with one attached hydrogen (secondary N) is 1. The first-order valence-corrected chi connectivity index (χ1v) is 10.4. The Morgan fingerprint density at radius 1 is 1.12 bits per heavy atom. The van der Waals surface area contributed by atoms with Crippen molar-refractivity contribution in [2.24, 2.45) is 5.92 Å². The Hall–Kier alpha value is -1.76. The van der Waals surface area contributed by atoms with Crippen LogP contribution in [0.5, 0.6) is 0 Å². The minimum absolute atomic E-state index is 0.177. The molecule has 4 nitrogen and oxygen atoms in total. The highest BCUT2D eigenvalue weighted by Crippen LogP contribution is 2.23. The summed E-state index contributed by atoms with van der Waals surface area (Å²) in [5, 5.41) is 3.37. The van der Waals surface area contributed by atoms with E-state index in [1.165, 1.54) is 0 Å². The molecule has 1 aliphatic rings. The van der Waals surface area contributed by atoms with Crippen LogP contribution in [0.15, 0.2) is 53.4 Å². The molecule has 1 N–H and O–H groups in total. The number of sulfonamides is 1. The molecule has 1 aliphatic heterocycles. The van der Waals surface area contributed by atoms with Gasteiger partial charge in [0.25, 0.3) is 0 Å². The Bertz CT molecular complexity index is 832. The smallest absolute Gasteiger partial charge is 0.243 e. The Balaban J connectivity index is 1.47. The summed E-state index contributed by atoms with van der Waals surface area (Å²) in [6.07, 6.45) is 1.67. The van der Waals surface area contributed by atoms with Gasteiger partial charge in [0.1, 0.15) is 5.82 Å². The van der Waals surface area contributed by atoms with Gasteiger partial charge in [-0.2, -0.15) is 4.31 Å². The van der Waals surface area contributed by atoms with Gasteiger partial charge >= 0.3 is 0 Å². The summed E-state index contributed by atoms with van der Waals surface area (Å²) in [4.78, 5) is 0.359. The predicted molar refractivity (Wildman–Crippen MR) is 101 cm³/mol. The molecule has 0 aliphatic carbocycles. The van der Waals surface area contributed by atoms with E-state index in [1.807, 2.05) is 12.1 Å². The molecule has 1 saturated heterocycles. The number of aryl methyl sites for hydroxylation is 1. The van der Waals surface area contributed by atoms with Crippen molar-refractivity contribution < 1.29 is 12.8 Å². The van der Waals surface area contributed by atoms with Crippen molar-refractivity contribution in [3.8, 4) is 0 Å². The average Bonchev–Trinajstić information content (AvgIpc) is 2.66. The molecular formula is C20H25FN2O2S. The normalized spacial score (nSPS) is 16.7. The van der Waals surface area contributed by atoms with Crippen LogP contribution in [0.2, 0.25) is 0 Å². The van der Waals surface area contributed by atoms with Gasteiger partial charge in [-0.25, -0.2) is 12.8 Å². The van der Waals surface area contributed by atoms with Crippen LogP contribution < -0.4 is 5.32 Å². The van der Waals surface area contributed by atoms with Crippen molar-refractivity contribution in [1.29, 1.82) is 0 Å². The number of nitrogens with zero attached hydrogens (tertiary/aromatic N) is 1. The van der Waals surface area contributed by atoms with E-state index in [2.05, 4.69) is 5.32 Å². The molecule has 2 aromatic rings.